The molecule has 0 unspecified atom stereocenters. The fourth-order valence-corrected chi connectivity index (χ4v) is 4.21. The van der Waals surface area contributed by atoms with E-state index in [9.17, 15) is 13.6 Å². The smallest absolute Gasteiger partial charge is 0.265 e. The topological polar surface area (TPSA) is 45.2 Å². The SMILES string of the molecule is Cc1c(N2CCCC(F)(F)C2)nc2ccc(Br)cc2c1C(=O)Nc1[c]cc(Cl)cc1. The van der Waals surface area contributed by atoms with Crippen molar-refractivity contribution in [2.75, 3.05) is 23.3 Å². The Hall–Kier alpha value is -2.25. The van der Waals surface area contributed by atoms with Crippen molar-refractivity contribution >= 4 is 55.8 Å². The Labute approximate surface area is 186 Å². The number of nitrogens with one attached hydrogen (secondary N) is 1. The van der Waals surface area contributed by atoms with Crippen LogP contribution in [-0.4, -0.2) is 29.9 Å². The van der Waals surface area contributed by atoms with Gasteiger partial charge in [-0.15, -0.1) is 0 Å². The second-order valence-electron chi connectivity index (χ2n) is 7.35. The minimum absolute atomic E-state index is 0.136. The summed E-state index contributed by atoms with van der Waals surface area (Å²) in [5.41, 5.74) is 1.99. The predicted octanol–water partition coefficient (Wildman–Crippen LogP) is 6.25. The third-order valence-corrected chi connectivity index (χ3v) is 5.84. The number of nitrogens with zero attached hydrogens (tertiary/aromatic N) is 2. The number of fused-ring (bicyclic) bond motifs is 1. The number of alkyl halides is 2. The molecular weight excluding hydrogens is 476 g/mol. The fourth-order valence-electron chi connectivity index (χ4n) is 3.73. The number of amides is 1. The van der Waals surface area contributed by atoms with Crippen LogP contribution in [0.1, 0.15) is 28.8 Å². The lowest BCUT2D eigenvalue weighted by Gasteiger charge is -2.34. The van der Waals surface area contributed by atoms with Crippen molar-refractivity contribution < 1.29 is 13.6 Å². The van der Waals surface area contributed by atoms with E-state index in [0.29, 0.717) is 51.5 Å². The monoisotopic (exact) mass is 492 g/mol. The maximum atomic E-state index is 14.0. The number of carbonyl (C=O) groups excluding carboxylic acids is 1. The van der Waals surface area contributed by atoms with Gasteiger partial charge in [0, 0.05) is 45.2 Å². The molecule has 0 bridgehead atoms. The summed E-state index contributed by atoms with van der Waals surface area (Å²) in [5.74, 6) is -2.72. The van der Waals surface area contributed by atoms with Crippen LogP contribution in [0.3, 0.4) is 0 Å². The lowest BCUT2D eigenvalue weighted by Crippen LogP contribution is -2.43. The maximum Gasteiger partial charge on any atom is 0.265 e. The van der Waals surface area contributed by atoms with E-state index in [0.717, 1.165) is 4.47 Å². The summed E-state index contributed by atoms with van der Waals surface area (Å²) in [4.78, 5) is 19.4. The fraction of sp³-hybridized carbons (Fsp3) is 0.273. The molecule has 0 spiro atoms. The molecule has 4 nitrogen and oxygen atoms in total. The summed E-state index contributed by atoms with van der Waals surface area (Å²) < 4.78 is 28.9. The Morgan fingerprint density at radius 1 is 1.33 bits per heavy atom. The highest BCUT2D eigenvalue weighted by Gasteiger charge is 2.36. The molecule has 8 heteroatoms. The highest BCUT2D eigenvalue weighted by molar-refractivity contribution is 9.10. The highest BCUT2D eigenvalue weighted by atomic mass is 79.9. The van der Waals surface area contributed by atoms with E-state index < -0.39 is 12.5 Å². The van der Waals surface area contributed by atoms with E-state index in [1.807, 2.05) is 12.1 Å². The molecule has 1 aliphatic heterocycles. The summed E-state index contributed by atoms with van der Waals surface area (Å²) in [6.07, 6.45) is 0.233. The van der Waals surface area contributed by atoms with Crippen molar-refractivity contribution in [3.8, 4) is 0 Å². The first kappa shape index (κ1) is 21.0. The minimum Gasteiger partial charge on any atom is -0.350 e. The van der Waals surface area contributed by atoms with Crippen molar-refractivity contribution in [3.05, 3.63) is 63.1 Å². The molecule has 1 fully saturated rings. The molecule has 1 radical (unpaired) electrons. The van der Waals surface area contributed by atoms with Crippen molar-refractivity contribution in [2.45, 2.75) is 25.7 Å². The first-order valence-electron chi connectivity index (χ1n) is 9.45. The van der Waals surface area contributed by atoms with E-state index in [1.165, 1.54) is 0 Å². The van der Waals surface area contributed by atoms with Crippen molar-refractivity contribution in [1.82, 2.24) is 4.98 Å². The van der Waals surface area contributed by atoms with Gasteiger partial charge in [-0.25, -0.2) is 13.8 Å². The van der Waals surface area contributed by atoms with Gasteiger partial charge in [-0.2, -0.15) is 0 Å². The van der Waals surface area contributed by atoms with Gasteiger partial charge < -0.3 is 10.2 Å². The molecule has 0 aliphatic carbocycles. The van der Waals surface area contributed by atoms with Gasteiger partial charge >= 0.3 is 0 Å². The van der Waals surface area contributed by atoms with Crippen LogP contribution in [0.2, 0.25) is 5.02 Å². The number of benzene rings is 2. The first-order valence-corrected chi connectivity index (χ1v) is 10.6. The molecule has 1 saturated heterocycles. The van der Waals surface area contributed by atoms with E-state index in [4.69, 9.17) is 11.6 Å². The summed E-state index contributed by atoms with van der Waals surface area (Å²) in [6.45, 7) is 1.81. The lowest BCUT2D eigenvalue weighted by molar-refractivity contribution is -0.0118. The summed E-state index contributed by atoms with van der Waals surface area (Å²) in [6, 6.07) is 13.2. The van der Waals surface area contributed by atoms with Crippen LogP contribution < -0.4 is 10.2 Å². The zero-order chi connectivity index (χ0) is 21.5. The quantitative estimate of drug-likeness (QED) is 0.469. The van der Waals surface area contributed by atoms with E-state index in [-0.39, 0.29) is 12.3 Å². The highest BCUT2D eigenvalue weighted by Crippen LogP contribution is 2.35. The molecule has 2 heterocycles. The number of anilines is 2. The van der Waals surface area contributed by atoms with Crippen LogP contribution in [-0.2, 0) is 0 Å². The second kappa shape index (κ2) is 8.12. The predicted molar refractivity (Wildman–Crippen MR) is 119 cm³/mol. The molecule has 0 saturated carbocycles. The minimum atomic E-state index is -2.78. The number of hydrogen-bond acceptors (Lipinski definition) is 3. The largest absolute Gasteiger partial charge is 0.350 e. The average Bonchev–Trinajstić information content (AvgIpc) is 2.68. The molecule has 2 aromatic carbocycles. The van der Waals surface area contributed by atoms with Crippen LogP contribution in [0.25, 0.3) is 10.9 Å². The molecule has 1 aliphatic rings. The molecule has 1 aromatic heterocycles. The number of pyridine rings is 1. The van der Waals surface area contributed by atoms with Gasteiger partial charge in [0.15, 0.2) is 0 Å². The Kier molecular flexibility index (Phi) is 5.68. The Morgan fingerprint density at radius 2 is 2.13 bits per heavy atom. The van der Waals surface area contributed by atoms with Gasteiger partial charge in [0.25, 0.3) is 11.8 Å². The van der Waals surface area contributed by atoms with Gasteiger partial charge in [0.1, 0.15) is 5.82 Å². The maximum absolute atomic E-state index is 14.0. The Bertz CT molecular complexity index is 1120. The molecule has 1 amide bonds. The normalized spacial score (nSPS) is 16.0. The summed E-state index contributed by atoms with van der Waals surface area (Å²) in [7, 11) is 0. The molecule has 0 atom stereocenters. The Morgan fingerprint density at radius 3 is 2.83 bits per heavy atom. The van der Waals surface area contributed by atoms with Gasteiger partial charge in [-0.05, 0) is 49.7 Å². The van der Waals surface area contributed by atoms with E-state index in [1.54, 1.807) is 36.1 Å². The van der Waals surface area contributed by atoms with Crippen LogP contribution in [0.5, 0.6) is 0 Å². The lowest BCUT2D eigenvalue weighted by atomic mass is 10.0. The third-order valence-electron chi connectivity index (χ3n) is 5.11. The van der Waals surface area contributed by atoms with Crippen molar-refractivity contribution in [2.24, 2.45) is 0 Å². The number of halogens is 4. The zero-order valence-electron chi connectivity index (χ0n) is 16.1. The van der Waals surface area contributed by atoms with Gasteiger partial charge in [0.2, 0.25) is 0 Å². The molecule has 3 aromatic rings. The molecule has 155 valence electrons. The number of piperidine rings is 1. The number of hydrogen-bond donors (Lipinski definition) is 1. The van der Waals surface area contributed by atoms with Gasteiger partial charge in [0.05, 0.1) is 17.6 Å². The molecule has 30 heavy (non-hydrogen) atoms. The first-order chi connectivity index (χ1) is 14.2. The van der Waals surface area contributed by atoms with E-state index in [2.05, 4.69) is 32.3 Å². The average molecular weight is 494 g/mol. The molecular formula is C22H18BrClF2N3O. The van der Waals surface area contributed by atoms with Crippen LogP contribution in [0.4, 0.5) is 20.3 Å². The number of rotatable bonds is 3. The van der Waals surface area contributed by atoms with Gasteiger partial charge in [-0.1, -0.05) is 27.5 Å². The standard InChI is InChI=1S/C22H18BrClF2N3O/c1-13-19(21(30)27-16-6-4-15(24)5-7-16)17-11-14(23)3-8-18(17)28-20(13)29-10-2-9-22(25,26)12-29/h3-6,8,11H,2,9-10,12H2,1H3,(H,27,30). The van der Waals surface area contributed by atoms with Crippen LogP contribution >= 0.6 is 27.5 Å². The Balaban J connectivity index is 1.81. The van der Waals surface area contributed by atoms with Crippen molar-refractivity contribution in [1.29, 1.82) is 0 Å². The summed E-state index contributed by atoms with van der Waals surface area (Å²) >= 11 is 9.33. The number of aromatic nitrogens is 1. The van der Waals surface area contributed by atoms with Crippen molar-refractivity contribution in [3.63, 3.8) is 0 Å². The van der Waals surface area contributed by atoms with E-state index >= 15 is 0 Å². The second-order valence-corrected chi connectivity index (χ2v) is 8.70. The van der Waals surface area contributed by atoms with Crippen LogP contribution in [0.15, 0.2) is 40.9 Å². The zero-order valence-corrected chi connectivity index (χ0v) is 18.4. The third kappa shape index (κ3) is 4.27. The van der Waals surface area contributed by atoms with Crippen LogP contribution in [0, 0.1) is 13.0 Å². The number of carbonyl (C=O) groups is 1. The molecule has 1 N–H and O–H groups in total. The molecule has 4 rings (SSSR count). The summed E-state index contributed by atoms with van der Waals surface area (Å²) in [5, 5.41) is 3.97. The van der Waals surface area contributed by atoms with Gasteiger partial charge in [-0.3, -0.25) is 4.79 Å².